The van der Waals surface area contributed by atoms with E-state index < -0.39 is 0 Å². The first-order valence-corrected chi connectivity index (χ1v) is 5.01. The van der Waals surface area contributed by atoms with Gasteiger partial charge in [-0.25, -0.2) is 4.98 Å². The molecular formula is C9H12N2S. The smallest absolute Gasteiger partial charge is 0.118 e. The summed E-state index contributed by atoms with van der Waals surface area (Å²) in [6, 6.07) is 0. The van der Waals surface area contributed by atoms with Crippen molar-refractivity contribution in [3.63, 3.8) is 0 Å². The number of rotatable bonds is 1. The monoisotopic (exact) mass is 180 g/mol. The molecule has 0 radical (unpaired) electrons. The number of nitrogens with zero attached hydrogens (tertiary/aromatic N) is 2. The minimum Gasteiger partial charge on any atom is -0.302 e. The highest BCUT2D eigenvalue weighted by Crippen LogP contribution is 2.22. The molecule has 0 aliphatic carbocycles. The average molecular weight is 180 g/mol. The topological polar surface area (TPSA) is 16.1 Å². The Balaban J connectivity index is 2.16. The van der Waals surface area contributed by atoms with Crippen LogP contribution in [0.3, 0.4) is 0 Å². The van der Waals surface area contributed by atoms with Crippen LogP contribution in [0.1, 0.15) is 11.4 Å². The van der Waals surface area contributed by atoms with E-state index in [0.29, 0.717) is 0 Å². The quantitative estimate of drug-likeness (QED) is 0.656. The van der Waals surface area contributed by atoms with Crippen molar-refractivity contribution in [2.24, 2.45) is 0 Å². The van der Waals surface area contributed by atoms with Crippen molar-refractivity contribution in [1.82, 2.24) is 9.88 Å². The number of likely N-dealkylation sites (N-methyl/N-ethyl adjacent to an activating group) is 1. The van der Waals surface area contributed by atoms with Gasteiger partial charge in [0, 0.05) is 24.7 Å². The Bertz CT molecular complexity index is 277. The molecule has 2 heterocycles. The molecule has 64 valence electrons. The molecule has 0 aromatic carbocycles. The zero-order chi connectivity index (χ0) is 8.39. The van der Waals surface area contributed by atoms with Gasteiger partial charge in [-0.2, -0.15) is 0 Å². The summed E-state index contributed by atoms with van der Waals surface area (Å²) in [6.45, 7) is 2.22. The second-order valence-corrected chi connectivity index (χ2v) is 3.97. The minimum atomic E-state index is 1.06. The Morgan fingerprint density at radius 1 is 1.58 bits per heavy atom. The minimum absolute atomic E-state index is 1.06. The molecule has 0 amide bonds. The molecule has 0 atom stereocenters. The van der Waals surface area contributed by atoms with Crippen LogP contribution in [-0.2, 0) is 0 Å². The normalized spacial score (nSPS) is 19.2. The van der Waals surface area contributed by atoms with Gasteiger partial charge in [0.2, 0.25) is 0 Å². The average Bonchev–Trinajstić information content (AvgIpc) is 2.58. The Morgan fingerprint density at radius 3 is 3.08 bits per heavy atom. The molecule has 1 aliphatic heterocycles. The van der Waals surface area contributed by atoms with Crippen LogP contribution in [0.5, 0.6) is 0 Å². The van der Waals surface area contributed by atoms with Gasteiger partial charge in [0.15, 0.2) is 0 Å². The van der Waals surface area contributed by atoms with E-state index in [-0.39, 0.29) is 0 Å². The van der Waals surface area contributed by atoms with E-state index in [1.807, 2.05) is 11.6 Å². The third kappa shape index (κ3) is 1.57. The first-order chi connectivity index (χ1) is 5.86. The molecule has 1 aromatic rings. The maximum atomic E-state index is 4.30. The maximum absolute atomic E-state index is 4.30. The number of aromatic nitrogens is 1. The molecule has 0 bridgehead atoms. The summed E-state index contributed by atoms with van der Waals surface area (Å²) < 4.78 is 0. The zero-order valence-corrected chi connectivity index (χ0v) is 7.97. The van der Waals surface area contributed by atoms with Crippen LogP contribution in [-0.4, -0.2) is 30.0 Å². The van der Waals surface area contributed by atoms with Crippen molar-refractivity contribution in [3.8, 4) is 0 Å². The molecule has 0 saturated carbocycles. The molecule has 2 rings (SSSR count). The number of hydrogen-bond donors (Lipinski definition) is 0. The van der Waals surface area contributed by atoms with Crippen molar-refractivity contribution in [1.29, 1.82) is 0 Å². The molecule has 1 aliphatic rings. The predicted molar refractivity (Wildman–Crippen MR) is 52.2 cm³/mol. The van der Waals surface area contributed by atoms with E-state index in [2.05, 4.69) is 23.0 Å². The SMILES string of the molecule is CN1CC=C(c2nccs2)CC1. The van der Waals surface area contributed by atoms with Gasteiger partial charge in [0.25, 0.3) is 0 Å². The van der Waals surface area contributed by atoms with E-state index in [4.69, 9.17) is 0 Å². The van der Waals surface area contributed by atoms with Crippen molar-refractivity contribution in [2.45, 2.75) is 6.42 Å². The molecular weight excluding hydrogens is 168 g/mol. The van der Waals surface area contributed by atoms with E-state index in [1.165, 1.54) is 10.6 Å². The van der Waals surface area contributed by atoms with Gasteiger partial charge in [0.1, 0.15) is 5.01 Å². The van der Waals surface area contributed by atoms with Crippen molar-refractivity contribution in [3.05, 3.63) is 22.7 Å². The fraction of sp³-hybridized carbons (Fsp3) is 0.444. The third-order valence-corrected chi connectivity index (χ3v) is 2.97. The highest BCUT2D eigenvalue weighted by atomic mass is 32.1. The fourth-order valence-electron chi connectivity index (χ4n) is 1.35. The van der Waals surface area contributed by atoms with E-state index >= 15 is 0 Å². The summed E-state index contributed by atoms with van der Waals surface area (Å²) in [6.07, 6.45) is 5.30. The van der Waals surface area contributed by atoms with Gasteiger partial charge in [-0.15, -0.1) is 11.3 Å². The van der Waals surface area contributed by atoms with Gasteiger partial charge >= 0.3 is 0 Å². The zero-order valence-electron chi connectivity index (χ0n) is 7.16. The van der Waals surface area contributed by atoms with Gasteiger partial charge in [-0.1, -0.05) is 6.08 Å². The van der Waals surface area contributed by atoms with E-state index in [0.717, 1.165) is 19.5 Å². The van der Waals surface area contributed by atoms with Gasteiger partial charge in [-0.3, -0.25) is 0 Å². The lowest BCUT2D eigenvalue weighted by atomic mass is 10.1. The van der Waals surface area contributed by atoms with Crippen LogP contribution >= 0.6 is 11.3 Å². The molecule has 1 aromatic heterocycles. The van der Waals surface area contributed by atoms with Crippen molar-refractivity contribution < 1.29 is 0 Å². The molecule has 3 heteroatoms. The highest BCUT2D eigenvalue weighted by molar-refractivity contribution is 7.10. The van der Waals surface area contributed by atoms with Crippen molar-refractivity contribution in [2.75, 3.05) is 20.1 Å². The number of hydrogen-bond acceptors (Lipinski definition) is 3. The Kier molecular flexibility index (Phi) is 2.23. The Labute approximate surface area is 76.5 Å². The first-order valence-electron chi connectivity index (χ1n) is 4.14. The molecule has 0 unspecified atom stereocenters. The van der Waals surface area contributed by atoms with Gasteiger partial charge < -0.3 is 4.90 Å². The third-order valence-electron chi connectivity index (χ3n) is 2.12. The standard InChI is InChI=1S/C9H12N2S/c1-11-5-2-8(3-6-11)9-10-4-7-12-9/h2,4,7H,3,5-6H2,1H3. The Hall–Kier alpha value is -0.670. The largest absolute Gasteiger partial charge is 0.302 e. The van der Waals surface area contributed by atoms with Crippen LogP contribution in [0.4, 0.5) is 0 Å². The van der Waals surface area contributed by atoms with Crippen molar-refractivity contribution >= 4 is 16.9 Å². The van der Waals surface area contributed by atoms with Crippen LogP contribution in [0.25, 0.3) is 5.57 Å². The fourth-order valence-corrected chi connectivity index (χ4v) is 2.06. The number of thiazole rings is 1. The summed E-state index contributed by atoms with van der Waals surface area (Å²) in [7, 11) is 2.15. The molecule has 2 nitrogen and oxygen atoms in total. The first kappa shape index (κ1) is 7.95. The molecule has 0 fully saturated rings. The summed E-state index contributed by atoms with van der Waals surface area (Å²) in [5, 5.41) is 3.23. The van der Waals surface area contributed by atoms with E-state index in [1.54, 1.807) is 11.3 Å². The lowest BCUT2D eigenvalue weighted by Gasteiger charge is -2.20. The van der Waals surface area contributed by atoms with Crippen LogP contribution in [0.2, 0.25) is 0 Å². The van der Waals surface area contributed by atoms with Gasteiger partial charge in [-0.05, 0) is 19.0 Å². The molecule has 0 N–H and O–H groups in total. The second-order valence-electron chi connectivity index (χ2n) is 3.08. The molecule has 0 spiro atoms. The summed E-state index contributed by atoms with van der Waals surface area (Å²) in [5.74, 6) is 0. The lowest BCUT2D eigenvalue weighted by Crippen LogP contribution is -2.23. The highest BCUT2D eigenvalue weighted by Gasteiger charge is 2.10. The maximum Gasteiger partial charge on any atom is 0.118 e. The molecule has 12 heavy (non-hydrogen) atoms. The predicted octanol–water partition coefficient (Wildman–Crippen LogP) is 1.86. The summed E-state index contributed by atoms with van der Waals surface area (Å²) in [4.78, 5) is 6.61. The summed E-state index contributed by atoms with van der Waals surface area (Å²) >= 11 is 1.73. The van der Waals surface area contributed by atoms with Crippen LogP contribution < -0.4 is 0 Å². The Morgan fingerprint density at radius 2 is 2.50 bits per heavy atom. The lowest BCUT2D eigenvalue weighted by molar-refractivity contribution is 0.370. The summed E-state index contributed by atoms with van der Waals surface area (Å²) in [5.41, 5.74) is 1.42. The van der Waals surface area contributed by atoms with Crippen LogP contribution in [0, 0.1) is 0 Å². The second kappa shape index (κ2) is 3.37. The van der Waals surface area contributed by atoms with E-state index in [9.17, 15) is 0 Å². The molecule has 0 saturated heterocycles. The van der Waals surface area contributed by atoms with Gasteiger partial charge in [0.05, 0.1) is 0 Å². The van der Waals surface area contributed by atoms with Crippen LogP contribution in [0.15, 0.2) is 17.7 Å².